The van der Waals surface area contributed by atoms with Crippen molar-refractivity contribution in [3.8, 4) is 0 Å². The first-order valence-corrected chi connectivity index (χ1v) is 8.29. The van der Waals surface area contributed by atoms with Crippen LogP contribution in [0.2, 0.25) is 0 Å². The number of amides is 1. The van der Waals surface area contributed by atoms with Gasteiger partial charge in [-0.05, 0) is 13.0 Å². The monoisotopic (exact) mass is 343 g/mol. The molecule has 0 radical (unpaired) electrons. The summed E-state index contributed by atoms with van der Waals surface area (Å²) < 4.78 is 6.87. The van der Waals surface area contributed by atoms with Crippen molar-refractivity contribution in [3.05, 3.63) is 52.3 Å². The number of anilines is 1. The molecule has 1 saturated heterocycles. The van der Waals surface area contributed by atoms with Crippen molar-refractivity contribution in [2.75, 3.05) is 31.2 Å². The number of carbonyl (C=O) groups is 1. The number of morpholine rings is 1. The normalized spacial score (nSPS) is 14.4. The van der Waals surface area contributed by atoms with Crippen LogP contribution in [0.4, 0.5) is 5.82 Å². The predicted molar refractivity (Wildman–Crippen MR) is 92.6 cm³/mol. The third kappa shape index (κ3) is 4.21. The van der Waals surface area contributed by atoms with Crippen LogP contribution < -0.4 is 15.8 Å². The van der Waals surface area contributed by atoms with Gasteiger partial charge in [0.1, 0.15) is 12.1 Å². The molecule has 1 fully saturated rings. The van der Waals surface area contributed by atoms with Gasteiger partial charge in [0.25, 0.3) is 11.5 Å². The van der Waals surface area contributed by atoms with Gasteiger partial charge in [-0.3, -0.25) is 9.59 Å². The smallest absolute Gasteiger partial charge is 0.251 e. The molecule has 0 atom stereocenters. The number of nitrogens with zero attached hydrogens (tertiary/aromatic N) is 4. The Morgan fingerprint density at radius 3 is 2.80 bits per heavy atom. The van der Waals surface area contributed by atoms with Gasteiger partial charge in [-0.1, -0.05) is 0 Å². The van der Waals surface area contributed by atoms with Crippen LogP contribution in [0.3, 0.4) is 0 Å². The third-order valence-electron chi connectivity index (χ3n) is 4.07. The molecule has 0 aliphatic carbocycles. The lowest BCUT2D eigenvalue weighted by molar-refractivity contribution is 0.0950. The minimum absolute atomic E-state index is 0.188. The second-order valence-electron chi connectivity index (χ2n) is 5.69. The number of carbonyl (C=O) groups excluding carboxylic acids is 1. The van der Waals surface area contributed by atoms with Crippen LogP contribution in [-0.2, 0) is 17.8 Å². The Morgan fingerprint density at radius 1 is 1.28 bits per heavy atom. The standard InChI is InChI=1S/C17H21N5O3/c1-2-21-4-3-13(9-16(21)23)17(24)18-11-14-10-15(20-12-19-14)22-5-7-25-8-6-22/h3-4,9-10,12H,2,5-8,11H2,1H3,(H,18,24). The SMILES string of the molecule is CCn1ccc(C(=O)NCc2cc(N3CCOCC3)ncn2)cc1=O. The molecular formula is C17H21N5O3. The number of hydrogen-bond donors (Lipinski definition) is 1. The molecular weight excluding hydrogens is 322 g/mol. The fraction of sp³-hybridized carbons (Fsp3) is 0.412. The minimum Gasteiger partial charge on any atom is -0.378 e. The summed E-state index contributed by atoms with van der Waals surface area (Å²) in [5, 5.41) is 2.79. The molecule has 3 heterocycles. The van der Waals surface area contributed by atoms with Crippen molar-refractivity contribution in [1.29, 1.82) is 0 Å². The van der Waals surface area contributed by atoms with Crippen LogP contribution in [0.25, 0.3) is 0 Å². The molecule has 25 heavy (non-hydrogen) atoms. The highest BCUT2D eigenvalue weighted by atomic mass is 16.5. The zero-order chi connectivity index (χ0) is 17.6. The number of hydrogen-bond acceptors (Lipinski definition) is 6. The molecule has 1 amide bonds. The van der Waals surface area contributed by atoms with Crippen molar-refractivity contribution in [2.24, 2.45) is 0 Å². The molecule has 2 aromatic rings. The second kappa shape index (κ2) is 7.89. The van der Waals surface area contributed by atoms with E-state index in [9.17, 15) is 9.59 Å². The maximum Gasteiger partial charge on any atom is 0.251 e. The van der Waals surface area contributed by atoms with Crippen LogP contribution in [0.15, 0.2) is 35.5 Å². The highest BCUT2D eigenvalue weighted by Gasteiger charge is 2.13. The molecule has 8 nitrogen and oxygen atoms in total. The summed E-state index contributed by atoms with van der Waals surface area (Å²) in [7, 11) is 0. The van der Waals surface area contributed by atoms with Crippen molar-refractivity contribution >= 4 is 11.7 Å². The van der Waals surface area contributed by atoms with Crippen LogP contribution in [0.5, 0.6) is 0 Å². The molecule has 0 bridgehead atoms. The average Bonchev–Trinajstić information content (AvgIpc) is 2.67. The topological polar surface area (TPSA) is 89.3 Å². The van der Waals surface area contributed by atoms with E-state index in [0.717, 1.165) is 18.9 Å². The van der Waals surface area contributed by atoms with Crippen LogP contribution in [0, 0.1) is 0 Å². The fourth-order valence-corrected chi connectivity index (χ4v) is 2.63. The molecule has 1 aliphatic heterocycles. The van der Waals surface area contributed by atoms with Gasteiger partial charge < -0.3 is 19.5 Å². The first-order chi connectivity index (χ1) is 12.2. The zero-order valence-electron chi connectivity index (χ0n) is 14.1. The number of rotatable bonds is 5. The Labute approximate surface area is 145 Å². The Balaban J connectivity index is 1.64. The Morgan fingerprint density at radius 2 is 2.08 bits per heavy atom. The summed E-state index contributed by atoms with van der Waals surface area (Å²) in [4.78, 5) is 34.6. The molecule has 0 saturated carbocycles. The quantitative estimate of drug-likeness (QED) is 0.847. The Kier molecular flexibility index (Phi) is 5.39. The molecule has 2 aromatic heterocycles. The van der Waals surface area contributed by atoms with E-state index in [-0.39, 0.29) is 18.0 Å². The van der Waals surface area contributed by atoms with Gasteiger partial charge in [-0.2, -0.15) is 0 Å². The van der Waals surface area contributed by atoms with E-state index in [1.54, 1.807) is 12.3 Å². The molecule has 0 aromatic carbocycles. The second-order valence-corrected chi connectivity index (χ2v) is 5.69. The van der Waals surface area contributed by atoms with E-state index in [1.807, 2.05) is 13.0 Å². The molecule has 132 valence electrons. The maximum absolute atomic E-state index is 12.2. The van der Waals surface area contributed by atoms with Crippen molar-refractivity contribution < 1.29 is 9.53 Å². The lowest BCUT2D eigenvalue weighted by Crippen LogP contribution is -2.37. The van der Waals surface area contributed by atoms with Gasteiger partial charge in [0.15, 0.2) is 0 Å². The summed E-state index contributed by atoms with van der Waals surface area (Å²) in [6.45, 7) is 5.66. The van der Waals surface area contributed by atoms with Crippen molar-refractivity contribution in [1.82, 2.24) is 19.9 Å². The highest BCUT2D eigenvalue weighted by molar-refractivity contribution is 5.93. The maximum atomic E-state index is 12.2. The Bertz CT molecular complexity index is 799. The lowest BCUT2D eigenvalue weighted by atomic mass is 10.2. The minimum atomic E-state index is -0.299. The van der Waals surface area contributed by atoms with E-state index in [2.05, 4.69) is 20.2 Å². The lowest BCUT2D eigenvalue weighted by Gasteiger charge is -2.27. The van der Waals surface area contributed by atoms with E-state index in [0.29, 0.717) is 31.0 Å². The summed E-state index contributed by atoms with van der Waals surface area (Å²) >= 11 is 0. The molecule has 1 aliphatic rings. The van der Waals surface area contributed by atoms with Crippen molar-refractivity contribution in [2.45, 2.75) is 20.0 Å². The van der Waals surface area contributed by atoms with E-state index in [1.165, 1.54) is 17.0 Å². The van der Waals surface area contributed by atoms with Gasteiger partial charge in [0.2, 0.25) is 0 Å². The largest absolute Gasteiger partial charge is 0.378 e. The number of aryl methyl sites for hydroxylation is 1. The summed E-state index contributed by atoms with van der Waals surface area (Å²) in [6.07, 6.45) is 3.12. The molecule has 8 heteroatoms. The van der Waals surface area contributed by atoms with Crippen molar-refractivity contribution in [3.63, 3.8) is 0 Å². The number of ether oxygens (including phenoxy) is 1. The summed E-state index contributed by atoms with van der Waals surface area (Å²) in [5.74, 6) is 0.528. The number of pyridine rings is 1. The van der Waals surface area contributed by atoms with Gasteiger partial charge in [0, 0.05) is 43.5 Å². The number of nitrogens with one attached hydrogen (secondary N) is 1. The van der Waals surface area contributed by atoms with Crippen LogP contribution in [-0.4, -0.2) is 46.7 Å². The van der Waals surface area contributed by atoms with Crippen LogP contribution >= 0.6 is 0 Å². The Hall–Kier alpha value is -2.74. The number of aromatic nitrogens is 3. The molecule has 3 rings (SSSR count). The third-order valence-corrected chi connectivity index (χ3v) is 4.07. The van der Waals surface area contributed by atoms with E-state index >= 15 is 0 Å². The van der Waals surface area contributed by atoms with Gasteiger partial charge in [-0.25, -0.2) is 9.97 Å². The van der Waals surface area contributed by atoms with E-state index < -0.39 is 0 Å². The highest BCUT2D eigenvalue weighted by Crippen LogP contribution is 2.12. The van der Waals surface area contributed by atoms with E-state index in [4.69, 9.17) is 4.74 Å². The van der Waals surface area contributed by atoms with Crippen LogP contribution in [0.1, 0.15) is 23.0 Å². The van der Waals surface area contributed by atoms with Gasteiger partial charge >= 0.3 is 0 Å². The molecule has 1 N–H and O–H groups in total. The summed E-state index contributed by atoms with van der Waals surface area (Å²) in [5.41, 5.74) is 0.871. The van der Waals surface area contributed by atoms with Gasteiger partial charge in [-0.15, -0.1) is 0 Å². The fourth-order valence-electron chi connectivity index (χ4n) is 2.63. The average molecular weight is 343 g/mol. The first kappa shape index (κ1) is 17.1. The summed E-state index contributed by atoms with van der Waals surface area (Å²) in [6, 6.07) is 4.85. The predicted octanol–water partition coefficient (Wildman–Crippen LogP) is 0.425. The van der Waals surface area contributed by atoms with Gasteiger partial charge in [0.05, 0.1) is 25.5 Å². The first-order valence-electron chi connectivity index (χ1n) is 8.29. The zero-order valence-corrected chi connectivity index (χ0v) is 14.1. The molecule has 0 spiro atoms. The molecule has 0 unspecified atom stereocenters.